The number of carbonyl (C=O) groups is 1. The normalized spacial score (nSPS) is 23.9. The molecule has 1 heterocycles. The highest BCUT2D eigenvalue weighted by Gasteiger charge is 2.41. The maximum Gasteiger partial charge on any atom is 0.161 e. The van der Waals surface area contributed by atoms with Crippen molar-refractivity contribution in [2.75, 3.05) is 7.11 Å². The van der Waals surface area contributed by atoms with Crippen LogP contribution in [-0.4, -0.2) is 18.6 Å². The molecule has 2 aromatic rings. The maximum atomic E-state index is 13.3. The number of aliphatic imine (C=N–C) groups is 1. The van der Waals surface area contributed by atoms with Gasteiger partial charge in [-0.1, -0.05) is 35.9 Å². The van der Waals surface area contributed by atoms with Crippen LogP contribution in [0.2, 0.25) is 5.02 Å². The zero-order chi connectivity index (χ0) is 20.5. The molecule has 2 aliphatic rings. The second-order valence-corrected chi connectivity index (χ2v) is 7.99. The Balaban J connectivity index is 1.76. The van der Waals surface area contributed by atoms with Crippen molar-refractivity contribution in [3.63, 3.8) is 0 Å². The summed E-state index contributed by atoms with van der Waals surface area (Å²) >= 11 is 6.01. The Morgan fingerprint density at radius 1 is 1.07 bits per heavy atom. The van der Waals surface area contributed by atoms with Crippen molar-refractivity contribution in [3.05, 3.63) is 76.0 Å². The van der Waals surface area contributed by atoms with Crippen molar-refractivity contribution in [2.45, 2.75) is 31.6 Å². The summed E-state index contributed by atoms with van der Waals surface area (Å²) in [5.74, 6) is 0.152. The zero-order valence-electron chi connectivity index (χ0n) is 16.4. The smallest absolute Gasteiger partial charge is 0.161 e. The van der Waals surface area contributed by atoms with Crippen LogP contribution >= 0.6 is 11.6 Å². The molecule has 0 N–H and O–H groups in total. The van der Waals surface area contributed by atoms with Crippen molar-refractivity contribution >= 4 is 23.1 Å². The lowest BCUT2D eigenvalue weighted by atomic mass is 9.69. The molecule has 0 amide bonds. The fourth-order valence-corrected chi connectivity index (χ4v) is 4.49. The Kier molecular flexibility index (Phi) is 5.25. The molecular weight excluding hydrogens is 384 g/mol. The topological polar surface area (TPSA) is 62.4 Å². The molecule has 146 valence electrons. The Bertz CT molecular complexity index is 1050. The van der Waals surface area contributed by atoms with E-state index in [1.54, 1.807) is 7.11 Å². The summed E-state index contributed by atoms with van der Waals surface area (Å²) in [7, 11) is 1.62. The first-order valence-corrected chi connectivity index (χ1v) is 10.00. The molecule has 0 saturated heterocycles. The van der Waals surface area contributed by atoms with Crippen molar-refractivity contribution in [1.82, 2.24) is 0 Å². The lowest BCUT2D eigenvalue weighted by Gasteiger charge is -2.35. The largest absolute Gasteiger partial charge is 0.497 e. The second-order valence-electron chi connectivity index (χ2n) is 7.55. The summed E-state index contributed by atoms with van der Waals surface area (Å²) in [6.45, 7) is 1.88. The van der Waals surface area contributed by atoms with Crippen LogP contribution in [0.4, 0.5) is 0 Å². The molecule has 3 unspecified atom stereocenters. The van der Waals surface area contributed by atoms with Crippen molar-refractivity contribution in [2.24, 2.45) is 10.9 Å². The van der Waals surface area contributed by atoms with Crippen LogP contribution in [0.3, 0.4) is 0 Å². The van der Waals surface area contributed by atoms with E-state index in [1.807, 2.05) is 55.5 Å². The Labute approximate surface area is 175 Å². The fraction of sp³-hybridized carbons (Fsp3) is 0.292. The molecule has 1 aliphatic carbocycles. The number of benzene rings is 2. The van der Waals surface area contributed by atoms with E-state index in [1.165, 1.54) is 0 Å². The molecule has 2 aromatic carbocycles. The SMILES string of the molecule is COc1ccc(C2C3=C(CC(c4ccc(Cl)cc4)CC3=O)N=C(C)C2C#N)cc1. The number of Topliss-reactive ketones (excluding diaryl/α,β-unsaturated/α-hetero) is 1. The van der Waals surface area contributed by atoms with E-state index in [2.05, 4.69) is 6.07 Å². The number of carbonyl (C=O) groups excluding carboxylic acids is 1. The van der Waals surface area contributed by atoms with Crippen molar-refractivity contribution in [1.29, 1.82) is 5.26 Å². The molecule has 4 rings (SSSR count). The van der Waals surface area contributed by atoms with Gasteiger partial charge in [0.25, 0.3) is 0 Å². The predicted octanol–water partition coefficient (Wildman–Crippen LogP) is 5.45. The molecule has 29 heavy (non-hydrogen) atoms. The van der Waals surface area contributed by atoms with Crippen LogP contribution in [0.25, 0.3) is 0 Å². The Morgan fingerprint density at radius 2 is 1.72 bits per heavy atom. The molecule has 5 heteroatoms. The van der Waals surface area contributed by atoms with E-state index < -0.39 is 5.92 Å². The minimum atomic E-state index is -0.446. The first kappa shape index (κ1) is 19.4. The monoisotopic (exact) mass is 404 g/mol. The third-order valence-electron chi connectivity index (χ3n) is 5.84. The Hall–Kier alpha value is -2.90. The van der Waals surface area contributed by atoms with Gasteiger partial charge < -0.3 is 4.74 Å². The standard InChI is InChI=1S/C24H21ClN2O2/c1-14-20(13-26)23(16-5-9-19(29-2)10-6-16)24-21(27-14)11-17(12-22(24)28)15-3-7-18(25)8-4-15/h3-10,17,20,23H,11-12H2,1-2H3. The van der Waals surface area contributed by atoms with Gasteiger partial charge in [-0.3, -0.25) is 9.79 Å². The number of nitrogens with zero attached hydrogens (tertiary/aromatic N) is 2. The number of hydrogen-bond acceptors (Lipinski definition) is 4. The van der Waals surface area contributed by atoms with E-state index in [0.29, 0.717) is 23.4 Å². The zero-order valence-corrected chi connectivity index (χ0v) is 17.1. The highest BCUT2D eigenvalue weighted by atomic mass is 35.5. The molecule has 0 fully saturated rings. The van der Waals surface area contributed by atoms with Crippen LogP contribution in [0.5, 0.6) is 5.75 Å². The van der Waals surface area contributed by atoms with Gasteiger partial charge in [-0.25, -0.2) is 0 Å². The number of nitriles is 1. The van der Waals surface area contributed by atoms with Crippen LogP contribution < -0.4 is 4.74 Å². The number of allylic oxidation sites excluding steroid dienone is 2. The molecule has 3 atom stereocenters. The first-order valence-electron chi connectivity index (χ1n) is 9.62. The van der Waals surface area contributed by atoms with Crippen LogP contribution in [0.15, 0.2) is 64.8 Å². The lowest BCUT2D eigenvalue weighted by Crippen LogP contribution is -2.32. The third-order valence-corrected chi connectivity index (χ3v) is 6.10. The van der Waals surface area contributed by atoms with Gasteiger partial charge in [0, 0.05) is 34.3 Å². The van der Waals surface area contributed by atoms with E-state index >= 15 is 0 Å². The van der Waals surface area contributed by atoms with Crippen LogP contribution in [-0.2, 0) is 4.79 Å². The van der Waals surface area contributed by atoms with E-state index in [-0.39, 0.29) is 17.6 Å². The number of rotatable bonds is 3. The van der Waals surface area contributed by atoms with Crippen LogP contribution in [0.1, 0.15) is 42.7 Å². The molecule has 0 bridgehead atoms. The third kappa shape index (κ3) is 3.59. The van der Waals surface area contributed by atoms with E-state index in [9.17, 15) is 10.1 Å². The molecule has 0 spiro atoms. The fourth-order valence-electron chi connectivity index (χ4n) is 4.37. The highest BCUT2D eigenvalue weighted by molar-refractivity contribution is 6.30. The number of ether oxygens (including phenoxy) is 1. The molecule has 0 saturated carbocycles. The van der Waals surface area contributed by atoms with Gasteiger partial charge in [0.15, 0.2) is 5.78 Å². The average Bonchev–Trinajstić information content (AvgIpc) is 2.73. The van der Waals surface area contributed by atoms with E-state index in [4.69, 9.17) is 21.3 Å². The molecule has 1 aliphatic heterocycles. The number of ketones is 1. The van der Waals surface area contributed by atoms with Crippen molar-refractivity contribution < 1.29 is 9.53 Å². The van der Waals surface area contributed by atoms with Gasteiger partial charge >= 0.3 is 0 Å². The maximum absolute atomic E-state index is 13.3. The molecule has 4 nitrogen and oxygen atoms in total. The molecule has 0 aromatic heterocycles. The van der Waals surface area contributed by atoms with Gasteiger partial charge in [-0.2, -0.15) is 5.26 Å². The number of halogens is 1. The van der Waals surface area contributed by atoms with Gasteiger partial charge in [-0.05, 0) is 54.7 Å². The minimum absolute atomic E-state index is 0.0727. The summed E-state index contributed by atoms with van der Waals surface area (Å²) in [6, 6.07) is 17.7. The summed E-state index contributed by atoms with van der Waals surface area (Å²) < 4.78 is 5.25. The van der Waals surface area contributed by atoms with Gasteiger partial charge in [0.05, 0.1) is 19.1 Å². The number of hydrogen-bond donors (Lipinski definition) is 0. The highest BCUT2D eigenvalue weighted by Crippen LogP contribution is 2.46. The van der Waals surface area contributed by atoms with Crippen LogP contribution in [0, 0.1) is 17.2 Å². The summed E-state index contributed by atoms with van der Waals surface area (Å²) in [4.78, 5) is 18.0. The molecule has 0 radical (unpaired) electrons. The summed E-state index contributed by atoms with van der Waals surface area (Å²) in [5, 5.41) is 10.5. The van der Waals surface area contributed by atoms with Gasteiger partial charge in [0.2, 0.25) is 0 Å². The van der Waals surface area contributed by atoms with Crippen molar-refractivity contribution in [3.8, 4) is 11.8 Å². The summed E-state index contributed by atoms with van der Waals surface area (Å²) in [6.07, 6.45) is 1.10. The predicted molar refractivity (Wildman–Crippen MR) is 113 cm³/mol. The Morgan fingerprint density at radius 3 is 2.34 bits per heavy atom. The first-order chi connectivity index (χ1) is 14.0. The number of methoxy groups -OCH3 is 1. The van der Waals surface area contributed by atoms with Gasteiger partial charge in [0.1, 0.15) is 5.75 Å². The quantitative estimate of drug-likeness (QED) is 0.683. The minimum Gasteiger partial charge on any atom is -0.497 e. The molecular formula is C24H21ClN2O2. The average molecular weight is 405 g/mol. The lowest BCUT2D eigenvalue weighted by molar-refractivity contribution is -0.116. The summed E-state index contributed by atoms with van der Waals surface area (Å²) in [5.41, 5.74) is 4.29. The van der Waals surface area contributed by atoms with E-state index in [0.717, 1.165) is 28.3 Å². The second kappa shape index (κ2) is 7.85. The van der Waals surface area contributed by atoms with Gasteiger partial charge in [-0.15, -0.1) is 0 Å².